The molecule has 0 aliphatic heterocycles. The lowest BCUT2D eigenvalue weighted by Gasteiger charge is -2.09. The van der Waals surface area contributed by atoms with Gasteiger partial charge in [0.05, 0.1) is 16.8 Å². The standard InChI is InChI=1S/C10H8F3N5O2/c1-17-5-6(3-15-17)16-7-2-9(10(11,12)13)14-4-8(7)18(19)20/h2-5H,1H3,(H,14,16). The van der Waals surface area contributed by atoms with E-state index in [2.05, 4.69) is 15.4 Å². The largest absolute Gasteiger partial charge is 0.433 e. The monoisotopic (exact) mass is 287 g/mol. The molecule has 2 aromatic heterocycles. The van der Waals surface area contributed by atoms with E-state index in [9.17, 15) is 23.3 Å². The Morgan fingerprint density at radius 2 is 2.10 bits per heavy atom. The van der Waals surface area contributed by atoms with Gasteiger partial charge in [-0.2, -0.15) is 18.3 Å². The zero-order chi connectivity index (χ0) is 14.9. The van der Waals surface area contributed by atoms with Gasteiger partial charge in [0, 0.05) is 13.2 Å². The molecule has 0 saturated heterocycles. The SMILES string of the molecule is Cn1cc(Nc2cc(C(F)(F)F)ncc2[N+](=O)[O-])cn1. The van der Waals surface area contributed by atoms with E-state index in [4.69, 9.17) is 0 Å². The fraction of sp³-hybridized carbons (Fsp3) is 0.200. The molecule has 2 aromatic rings. The zero-order valence-corrected chi connectivity index (χ0v) is 10.0. The Labute approximate surface area is 110 Å². The maximum atomic E-state index is 12.6. The summed E-state index contributed by atoms with van der Waals surface area (Å²) in [6.07, 6.45) is -1.31. The van der Waals surface area contributed by atoms with Gasteiger partial charge in [0.2, 0.25) is 0 Å². The highest BCUT2D eigenvalue weighted by Gasteiger charge is 2.34. The Morgan fingerprint density at radius 1 is 1.40 bits per heavy atom. The molecular weight excluding hydrogens is 279 g/mol. The number of aryl methyl sites for hydroxylation is 1. The molecule has 0 saturated carbocycles. The van der Waals surface area contributed by atoms with Crippen molar-refractivity contribution in [2.24, 2.45) is 7.05 Å². The molecule has 0 amide bonds. The predicted molar refractivity (Wildman–Crippen MR) is 62.4 cm³/mol. The van der Waals surface area contributed by atoms with Crippen LogP contribution < -0.4 is 5.32 Å². The van der Waals surface area contributed by atoms with Crippen molar-refractivity contribution in [3.8, 4) is 0 Å². The second-order valence-corrected chi connectivity index (χ2v) is 3.87. The van der Waals surface area contributed by atoms with Gasteiger partial charge < -0.3 is 5.32 Å². The third kappa shape index (κ3) is 2.84. The van der Waals surface area contributed by atoms with Crippen LogP contribution in [0.15, 0.2) is 24.7 Å². The molecule has 1 N–H and O–H groups in total. The smallest absolute Gasteiger partial charge is 0.347 e. The molecule has 0 spiro atoms. The lowest BCUT2D eigenvalue weighted by atomic mass is 10.2. The fourth-order valence-corrected chi connectivity index (χ4v) is 1.49. The number of alkyl halides is 3. The molecule has 0 unspecified atom stereocenters. The van der Waals surface area contributed by atoms with E-state index >= 15 is 0 Å². The third-order valence-electron chi connectivity index (χ3n) is 2.35. The van der Waals surface area contributed by atoms with E-state index in [1.807, 2.05) is 0 Å². The average molecular weight is 287 g/mol. The predicted octanol–water partition coefficient (Wildman–Crippen LogP) is 2.49. The minimum absolute atomic E-state index is 0.301. The van der Waals surface area contributed by atoms with Crippen molar-refractivity contribution in [1.82, 2.24) is 14.8 Å². The molecule has 0 aromatic carbocycles. The molecule has 0 fully saturated rings. The van der Waals surface area contributed by atoms with Crippen LogP contribution in [0.1, 0.15) is 5.69 Å². The maximum Gasteiger partial charge on any atom is 0.433 e. The first-order valence-electron chi connectivity index (χ1n) is 5.24. The molecule has 106 valence electrons. The van der Waals surface area contributed by atoms with E-state index in [0.29, 0.717) is 18.0 Å². The minimum atomic E-state index is -4.68. The number of pyridine rings is 1. The second kappa shape index (κ2) is 4.79. The van der Waals surface area contributed by atoms with Crippen molar-refractivity contribution in [2.45, 2.75) is 6.18 Å². The normalized spacial score (nSPS) is 11.4. The topological polar surface area (TPSA) is 85.9 Å². The molecule has 0 aliphatic carbocycles. The summed E-state index contributed by atoms with van der Waals surface area (Å²) in [5.74, 6) is 0. The molecule has 0 aliphatic rings. The van der Waals surface area contributed by atoms with Gasteiger partial charge in [0.15, 0.2) is 0 Å². The van der Waals surface area contributed by atoms with Crippen molar-refractivity contribution >= 4 is 17.1 Å². The van der Waals surface area contributed by atoms with Gasteiger partial charge in [-0.25, -0.2) is 4.98 Å². The molecule has 7 nitrogen and oxygen atoms in total. The zero-order valence-electron chi connectivity index (χ0n) is 10.0. The summed E-state index contributed by atoms with van der Waals surface area (Å²) in [5, 5.41) is 17.1. The maximum absolute atomic E-state index is 12.6. The van der Waals surface area contributed by atoms with E-state index in [-0.39, 0.29) is 5.69 Å². The molecular formula is C10H8F3N5O2. The van der Waals surface area contributed by atoms with Crippen LogP contribution in [0.5, 0.6) is 0 Å². The minimum Gasteiger partial charge on any atom is -0.347 e. The number of rotatable bonds is 3. The summed E-state index contributed by atoms with van der Waals surface area (Å²) in [6, 6.07) is 0.588. The van der Waals surface area contributed by atoms with E-state index < -0.39 is 22.5 Å². The fourth-order valence-electron chi connectivity index (χ4n) is 1.49. The highest BCUT2D eigenvalue weighted by atomic mass is 19.4. The van der Waals surface area contributed by atoms with Crippen molar-refractivity contribution in [3.05, 3.63) is 40.5 Å². The molecule has 20 heavy (non-hydrogen) atoms. The number of halogens is 3. The van der Waals surface area contributed by atoms with Gasteiger partial charge in [0.25, 0.3) is 0 Å². The van der Waals surface area contributed by atoms with Gasteiger partial charge >= 0.3 is 11.9 Å². The quantitative estimate of drug-likeness (QED) is 0.692. The summed E-state index contributed by atoms with van der Waals surface area (Å²) in [4.78, 5) is 13.0. The molecule has 0 atom stereocenters. The first-order chi connectivity index (χ1) is 9.27. The van der Waals surface area contributed by atoms with E-state index in [1.54, 1.807) is 7.05 Å². The third-order valence-corrected chi connectivity index (χ3v) is 2.35. The number of nitro groups is 1. The van der Waals surface area contributed by atoms with Crippen LogP contribution in [0, 0.1) is 10.1 Å². The van der Waals surface area contributed by atoms with Gasteiger partial charge in [-0.15, -0.1) is 0 Å². The van der Waals surface area contributed by atoms with Gasteiger partial charge in [-0.1, -0.05) is 0 Å². The first kappa shape index (κ1) is 13.8. The average Bonchev–Trinajstić information content (AvgIpc) is 2.73. The van der Waals surface area contributed by atoms with Crippen molar-refractivity contribution < 1.29 is 18.1 Å². The summed E-state index contributed by atoms with van der Waals surface area (Å²) in [5.41, 5.74) is -1.74. The molecule has 0 radical (unpaired) electrons. The van der Waals surface area contributed by atoms with Crippen LogP contribution >= 0.6 is 0 Å². The molecule has 0 bridgehead atoms. The van der Waals surface area contributed by atoms with Crippen LogP contribution in [0.4, 0.5) is 30.2 Å². The first-order valence-corrected chi connectivity index (χ1v) is 5.24. The number of hydrogen-bond acceptors (Lipinski definition) is 5. The van der Waals surface area contributed by atoms with E-state index in [0.717, 1.165) is 0 Å². The molecule has 2 heterocycles. The van der Waals surface area contributed by atoms with Crippen molar-refractivity contribution in [1.29, 1.82) is 0 Å². The Hall–Kier alpha value is -2.65. The lowest BCUT2D eigenvalue weighted by molar-refractivity contribution is -0.384. The number of hydrogen-bond donors (Lipinski definition) is 1. The summed E-state index contributed by atoms with van der Waals surface area (Å²) < 4.78 is 39.1. The Kier molecular flexibility index (Phi) is 3.30. The second-order valence-electron chi connectivity index (χ2n) is 3.87. The van der Waals surface area contributed by atoms with Gasteiger partial charge in [0.1, 0.15) is 17.6 Å². The highest BCUT2D eigenvalue weighted by Crippen LogP contribution is 2.34. The molecule has 2 rings (SSSR count). The Balaban J connectivity index is 2.44. The summed E-state index contributed by atoms with van der Waals surface area (Å²) in [7, 11) is 1.60. The van der Waals surface area contributed by atoms with Crippen LogP contribution in [-0.4, -0.2) is 19.7 Å². The van der Waals surface area contributed by atoms with Crippen molar-refractivity contribution in [2.75, 3.05) is 5.32 Å². The lowest BCUT2D eigenvalue weighted by Crippen LogP contribution is -2.09. The summed E-state index contributed by atoms with van der Waals surface area (Å²) in [6.45, 7) is 0. The Morgan fingerprint density at radius 3 is 2.60 bits per heavy atom. The number of aromatic nitrogens is 3. The highest BCUT2D eigenvalue weighted by molar-refractivity contribution is 5.68. The van der Waals surface area contributed by atoms with Crippen LogP contribution in [0.2, 0.25) is 0 Å². The van der Waals surface area contributed by atoms with Crippen molar-refractivity contribution in [3.63, 3.8) is 0 Å². The Bertz CT molecular complexity index is 653. The van der Waals surface area contributed by atoms with Gasteiger partial charge in [-0.3, -0.25) is 14.8 Å². The number of nitrogens with zero attached hydrogens (tertiary/aromatic N) is 4. The molecule has 10 heteroatoms. The van der Waals surface area contributed by atoms with E-state index in [1.165, 1.54) is 17.1 Å². The van der Waals surface area contributed by atoms with Crippen LogP contribution in [0.3, 0.4) is 0 Å². The summed E-state index contributed by atoms with van der Waals surface area (Å²) >= 11 is 0. The number of nitrogens with one attached hydrogen (secondary N) is 1. The van der Waals surface area contributed by atoms with Gasteiger partial charge in [-0.05, 0) is 6.07 Å². The van der Waals surface area contributed by atoms with Crippen LogP contribution in [-0.2, 0) is 13.2 Å². The number of anilines is 2. The van der Waals surface area contributed by atoms with Crippen LogP contribution in [0.25, 0.3) is 0 Å².